The molecule has 2 fully saturated rings. The summed E-state index contributed by atoms with van der Waals surface area (Å²) in [6.45, 7) is 0.653. The van der Waals surface area contributed by atoms with Gasteiger partial charge in [0, 0.05) is 31.4 Å². The van der Waals surface area contributed by atoms with Crippen LogP contribution in [0.25, 0.3) is 0 Å². The second-order valence-corrected chi connectivity index (χ2v) is 6.39. The number of carbonyl (C=O) groups is 2. The van der Waals surface area contributed by atoms with Crippen molar-refractivity contribution in [2.24, 2.45) is 0 Å². The van der Waals surface area contributed by atoms with Gasteiger partial charge in [0.1, 0.15) is 18.8 Å². The van der Waals surface area contributed by atoms with Crippen LogP contribution in [0.4, 0.5) is 4.39 Å². The zero-order chi connectivity index (χ0) is 18.1. The fraction of sp³-hybridized carbons (Fsp3) is 0.333. The van der Waals surface area contributed by atoms with Crippen LogP contribution in [-0.2, 0) is 9.53 Å². The van der Waals surface area contributed by atoms with Crippen molar-refractivity contribution in [3.8, 4) is 0 Å². The summed E-state index contributed by atoms with van der Waals surface area (Å²) in [5, 5.41) is 2.78. The van der Waals surface area contributed by atoms with Crippen LogP contribution in [0.5, 0.6) is 0 Å². The lowest BCUT2D eigenvalue weighted by Gasteiger charge is -2.26. The average molecular weight is 356 g/mol. The molecular formula is C18H17FN4O3. The molecular weight excluding hydrogens is 339 g/mol. The molecule has 1 N–H and O–H groups in total. The van der Waals surface area contributed by atoms with Crippen molar-refractivity contribution in [1.29, 1.82) is 0 Å². The Kier molecular flexibility index (Phi) is 4.34. The van der Waals surface area contributed by atoms with E-state index in [0.717, 1.165) is 5.56 Å². The van der Waals surface area contributed by atoms with Crippen molar-refractivity contribution >= 4 is 11.8 Å². The van der Waals surface area contributed by atoms with Crippen LogP contribution in [0, 0.1) is 5.82 Å². The molecule has 2 aromatic rings. The Bertz CT molecular complexity index is 815. The molecule has 4 rings (SSSR count). The summed E-state index contributed by atoms with van der Waals surface area (Å²) in [4.78, 5) is 34.2. The predicted octanol–water partition coefficient (Wildman–Crippen LogP) is 0.739. The fourth-order valence-electron chi connectivity index (χ4n) is 3.61. The van der Waals surface area contributed by atoms with Gasteiger partial charge in [0.05, 0.1) is 17.7 Å². The monoisotopic (exact) mass is 356 g/mol. The number of ether oxygens (including phenoxy) is 1. The Balaban J connectivity index is 1.67. The lowest BCUT2D eigenvalue weighted by atomic mass is 9.93. The number of nitrogens with one attached hydrogen (secondary N) is 1. The second kappa shape index (κ2) is 6.80. The maximum absolute atomic E-state index is 13.3. The van der Waals surface area contributed by atoms with Crippen LogP contribution in [-0.4, -0.2) is 58.5 Å². The number of carbonyl (C=O) groups excluding carboxylic acids is 2. The van der Waals surface area contributed by atoms with Crippen molar-refractivity contribution in [3.05, 3.63) is 59.9 Å². The number of aromatic nitrogens is 2. The third-order valence-corrected chi connectivity index (χ3v) is 4.85. The molecule has 2 aliphatic rings. The van der Waals surface area contributed by atoms with Crippen LogP contribution in [0.1, 0.15) is 21.8 Å². The van der Waals surface area contributed by atoms with E-state index in [0.29, 0.717) is 18.7 Å². The van der Waals surface area contributed by atoms with Gasteiger partial charge in [-0.1, -0.05) is 12.1 Å². The number of fused-ring (bicyclic) bond motifs is 1. The predicted molar refractivity (Wildman–Crippen MR) is 88.7 cm³/mol. The standard InChI is InChI=1S/C18H17FN4O3/c19-13-3-1-11(2-4-13)14-8-23(18(25)12-5-20-10-21-6-12)15-7-22-16(24)9-26-17(14)15/h1-6,10,14-15,17H,7-9H2,(H,22,24)/t14-,15-,17-/m1/s1. The maximum atomic E-state index is 13.3. The molecule has 7 nitrogen and oxygen atoms in total. The topological polar surface area (TPSA) is 84.4 Å². The molecule has 134 valence electrons. The molecule has 2 aliphatic heterocycles. The summed E-state index contributed by atoms with van der Waals surface area (Å²) in [5.41, 5.74) is 1.25. The van der Waals surface area contributed by atoms with Gasteiger partial charge in [-0.15, -0.1) is 0 Å². The Hall–Kier alpha value is -2.87. The fourth-order valence-corrected chi connectivity index (χ4v) is 3.61. The van der Waals surface area contributed by atoms with E-state index in [9.17, 15) is 14.0 Å². The summed E-state index contributed by atoms with van der Waals surface area (Å²) in [6.07, 6.45) is 3.94. The van der Waals surface area contributed by atoms with Gasteiger partial charge in [0.15, 0.2) is 0 Å². The van der Waals surface area contributed by atoms with E-state index < -0.39 is 0 Å². The molecule has 3 heterocycles. The zero-order valence-corrected chi connectivity index (χ0v) is 13.8. The van der Waals surface area contributed by atoms with Crippen molar-refractivity contribution in [1.82, 2.24) is 20.2 Å². The summed E-state index contributed by atoms with van der Waals surface area (Å²) < 4.78 is 19.1. The van der Waals surface area contributed by atoms with E-state index in [-0.39, 0.29) is 42.3 Å². The van der Waals surface area contributed by atoms with Crippen LogP contribution in [0.3, 0.4) is 0 Å². The molecule has 0 radical (unpaired) electrons. The van der Waals surface area contributed by atoms with Crippen LogP contribution < -0.4 is 5.32 Å². The largest absolute Gasteiger partial charge is 0.365 e. The number of rotatable bonds is 2. The second-order valence-electron chi connectivity index (χ2n) is 6.39. The summed E-state index contributed by atoms with van der Waals surface area (Å²) >= 11 is 0. The first-order valence-electron chi connectivity index (χ1n) is 8.33. The first kappa shape index (κ1) is 16.6. The molecule has 26 heavy (non-hydrogen) atoms. The Morgan fingerprint density at radius 3 is 2.69 bits per heavy atom. The van der Waals surface area contributed by atoms with E-state index in [1.54, 1.807) is 17.0 Å². The molecule has 2 amide bonds. The van der Waals surface area contributed by atoms with Gasteiger partial charge in [-0.25, -0.2) is 14.4 Å². The molecule has 2 saturated heterocycles. The number of hydrogen-bond acceptors (Lipinski definition) is 5. The number of benzene rings is 1. The normalized spacial score (nSPS) is 25.3. The highest BCUT2D eigenvalue weighted by Crippen LogP contribution is 2.36. The number of nitrogens with zero attached hydrogens (tertiary/aromatic N) is 3. The van der Waals surface area contributed by atoms with E-state index in [1.165, 1.54) is 30.9 Å². The van der Waals surface area contributed by atoms with Gasteiger partial charge in [0.25, 0.3) is 5.91 Å². The van der Waals surface area contributed by atoms with E-state index in [1.807, 2.05) is 0 Å². The van der Waals surface area contributed by atoms with Crippen molar-refractivity contribution in [2.75, 3.05) is 19.7 Å². The summed E-state index contributed by atoms with van der Waals surface area (Å²) in [7, 11) is 0. The molecule has 1 aromatic heterocycles. The highest BCUT2D eigenvalue weighted by Gasteiger charge is 2.47. The number of hydrogen-bond donors (Lipinski definition) is 1. The van der Waals surface area contributed by atoms with Crippen LogP contribution in [0.2, 0.25) is 0 Å². The highest BCUT2D eigenvalue weighted by molar-refractivity contribution is 5.94. The molecule has 0 bridgehead atoms. The summed E-state index contributed by atoms with van der Waals surface area (Å²) in [6, 6.07) is 5.85. The average Bonchev–Trinajstić information content (AvgIpc) is 2.92. The van der Waals surface area contributed by atoms with Crippen LogP contribution >= 0.6 is 0 Å². The van der Waals surface area contributed by atoms with Crippen molar-refractivity contribution < 1.29 is 18.7 Å². The van der Waals surface area contributed by atoms with Gasteiger partial charge < -0.3 is 15.0 Å². The Labute approximate surface area is 149 Å². The van der Waals surface area contributed by atoms with Crippen molar-refractivity contribution in [2.45, 2.75) is 18.1 Å². The molecule has 0 spiro atoms. The van der Waals surface area contributed by atoms with Gasteiger partial charge >= 0.3 is 0 Å². The molecule has 0 saturated carbocycles. The minimum Gasteiger partial charge on any atom is -0.365 e. The quantitative estimate of drug-likeness (QED) is 0.858. The molecule has 3 atom stereocenters. The third-order valence-electron chi connectivity index (χ3n) is 4.85. The summed E-state index contributed by atoms with van der Waals surface area (Å²) in [5.74, 6) is -0.907. The van der Waals surface area contributed by atoms with E-state index in [4.69, 9.17) is 4.74 Å². The Morgan fingerprint density at radius 2 is 1.96 bits per heavy atom. The lowest BCUT2D eigenvalue weighted by molar-refractivity contribution is -0.125. The first-order valence-corrected chi connectivity index (χ1v) is 8.33. The van der Waals surface area contributed by atoms with E-state index >= 15 is 0 Å². The SMILES string of the molecule is O=C1CO[C@@H]2[C@@H](c3ccc(F)cc3)CN(C(=O)c3cncnc3)[C@@H]2CN1. The van der Waals surface area contributed by atoms with E-state index in [2.05, 4.69) is 15.3 Å². The maximum Gasteiger partial charge on any atom is 0.257 e. The smallest absolute Gasteiger partial charge is 0.257 e. The Morgan fingerprint density at radius 1 is 1.23 bits per heavy atom. The number of amides is 2. The minimum absolute atomic E-state index is 0.0602. The lowest BCUT2D eigenvalue weighted by Crippen LogP contribution is -2.45. The molecule has 8 heteroatoms. The third kappa shape index (κ3) is 3.03. The first-order chi connectivity index (χ1) is 12.6. The molecule has 1 aromatic carbocycles. The number of likely N-dealkylation sites (tertiary alicyclic amines) is 1. The van der Waals surface area contributed by atoms with Gasteiger partial charge in [0.2, 0.25) is 5.91 Å². The van der Waals surface area contributed by atoms with Crippen LogP contribution in [0.15, 0.2) is 43.0 Å². The van der Waals surface area contributed by atoms with Gasteiger partial charge in [-0.05, 0) is 17.7 Å². The van der Waals surface area contributed by atoms with Gasteiger partial charge in [-0.3, -0.25) is 9.59 Å². The number of halogens is 1. The molecule has 0 aliphatic carbocycles. The highest BCUT2D eigenvalue weighted by atomic mass is 19.1. The van der Waals surface area contributed by atoms with Gasteiger partial charge in [-0.2, -0.15) is 0 Å². The molecule has 0 unspecified atom stereocenters. The van der Waals surface area contributed by atoms with Crippen molar-refractivity contribution in [3.63, 3.8) is 0 Å². The minimum atomic E-state index is -0.354. The zero-order valence-electron chi connectivity index (χ0n) is 13.8.